The smallest absolute Gasteiger partial charge is 0.233 e. The first-order valence-corrected chi connectivity index (χ1v) is 10.4. The number of anilines is 1. The van der Waals surface area contributed by atoms with E-state index in [1.807, 2.05) is 30.1 Å². The molecule has 0 radical (unpaired) electrons. The van der Waals surface area contributed by atoms with Gasteiger partial charge >= 0.3 is 0 Å². The largest absolute Gasteiger partial charge is 0.486 e. The van der Waals surface area contributed by atoms with Crippen LogP contribution in [-0.2, 0) is 4.79 Å². The molecular formula is C17H20N4O3S2. The molecule has 1 N–H and O–H groups in total. The van der Waals surface area contributed by atoms with Crippen molar-refractivity contribution in [3.05, 3.63) is 23.8 Å². The number of nitrogens with zero attached hydrogens (tertiary/aromatic N) is 3. The third-order valence-corrected chi connectivity index (χ3v) is 6.52. The van der Waals surface area contributed by atoms with Crippen LogP contribution < -0.4 is 14.8 Å². The van der Waals surface area contributed by atoms with Crippen LogP contribution in [0, 0.1) is 0 Å². The summed E-state index contributed by atoms with van der Waals surface area (Å²) in [5, 5.41) is 11.8. The molecule has 0 aliphatic carbocycles. The number of aromatic nitrogens is 2. The first-order valence-electron chi connectivity index (χ1n) is 8.57. The van der Waals surface area contributed by atoms with Gasteiger partial charge in [0.25, 0.3) is 0 Å². The van der Waals surface area contributed by atoms with E-state index in [-0.39, 0.29) is 11.9 Å². The van der Waals surface area contributed by atoms with Crippen molar-refractivity contribution in [3.8, 4) is 11.5 Å². The molecule has 1 fully saturated rings. The molecule has 1 aromatic carbocycles. The summed E-state index contributed by atoms with van der Waals surface area (Å²) in [6.45, 7) is 1.94. The van der Waals surface area contributed by atoms with E-state index in [1.165, 1.54) is 23.1 Å². The van der Waals surface area contributed by atoms with Gasteiger partial charge in [-0.1, -0.05) is 29.2 Å². The Kier molecular flexibility index (Phi) is 5.16. The third kappa shape index (κ3) is 3.59. The Morgan fingerprint density at radius 2 is 2.19 bits per heavy atom. The van der Waals surface area contributed by atoms with Crippen molar-refractivity contribution in [1.29, 1.82) is 0 Å². The number of hydrogen-bond acceptors (Lipinski definition) is 8. The molecule has 1 aromatic heterocycles. The summed E-state index contributed by atoms with van der Waals surface area (Å²) >= 11 is 2.90. The number of benzene rings is 1. The van der Waals surface area contributed by atoms with E-state index in [9.17, 15) is 4.79 Å². The predicted octanol–water partition coefficient (Wildman–Crippen LogP) is 2.81. The van der Waals surface area contributed by atoms with E-state index in [2.05, 4.69) is 15.5 Å². The van der Waals surface area contributed by atoms with Gasteiger partial charge in [0.05, 0.1) is 11.8 Å². The number of carbonyl (C=O) groups excluding carboxylic acids is 1. The van der Waals surface area contributed by atoms with Crippen LogP contribution >= 0.6 is 23.1 Å². The van der Waals surface area contributed by atoms with E-state index in [4.69, 9.17) is 9.47 Å². The minimum Gasteiger partial charge on any atom is -0.486 e. The zero-order chi connectivity index (χ0) is 17.9. The topological polar surface area (TPSA) is 76.6 Å². The number of ether oxygens (including phenoxy) is 2. The fourth-order valence-electron chi connectivity index (χ4n) is 3.25. The molecule has 0 unspecified atom stereocenters. The van der Waals surface area contributed by atoms with Gasteiger partial charge in [-0.05, 0) is 30.5 Å². The molecule has 9 heteroatoms. The number of rotatable bonds is 5. The molecule has 1 amide bonds. The van der Waals surface area contributed by atoms with Gasteiger partial charge in [0.1, 0.15) is 13.2 Å². The Hall–Kier alpha value is -2.00. The molecule has 0 bridgehead atoms. The molecule has 2 aliphatic heterocycles. The highest BCUT2D eigenvalue weighted by atomic mass is 32.2. The molecule has 2 aromatic rings. The second-order valence-corrected chi connectivity index (χ2v) is 8.26. The van der Waals surface area contributed by atoms with Gasteiger partial charge in [0.15, 0.2) is 15.8 Å². The van der Waals surface area contributed by atoms with Crippen molar-refractivity contribution in [3.63, 3.8) is 0 Å². The van der Waals surface area contributed by atoms with E-state index in [1.54, 1.807) is 0 Å². The third-order valence-electron chi connectivity index (χ3n) is 4.46. The fraction of sp³-hybridized carbons (Fsp3) is 0.471. The first kappa shape index (κ1) is 17.4. The highest BCUT2D eigenvalue weighted by molar-refractivity contribution is 8.01. The monoisotopic (exact) mass is 392 g/mol. The van der Waals surface area contributed by atoms with Crippen LogP contribution in [0.2, 0.25) is 0 Å². The van der Waals surface area contributed by atoms with Crippen molar-refractivity contribution in [2.24, 2.45) is 0 Å². The number of nitrogens with one attached hydrogen (secondary N) is 1. The zero-order valence-corrected chi connectivity index (χ0v) is 16.1. The number of amides is 1. The van der Waals surface area contributed by atoms with Crippen LogP contribution in [0.1, 0.15) is 24.4 Å². The molecule has 3 heterocycles. The minimum absolute atomic E-state index is 0.0983. The summed E-state index contributed by atoms with van der Waals surface area (Å²) in [6, 6.07) is 6.10. The first-order chi connectivity index (χ1) is 12.7. The van der Waals surface area contributed by atoms with Gasteiger partial charge in [-0.2, -0.15) is 0 Å². The van der Waals surface area contributed by atoms with Crippen LogP contribution in [-0.4, -0.2) is 53.6 Å². The van der Waals surface area contributed by atoms with E-state index < -0.39 is 0 Å². The van der Waals surface area contributed by atoms with E-state index in [0.717, 1.165) is 45.9 Å². The molecule has 0 saturated carbocycles. The highest BCUT2D eigenvalue weighted by Gasteiger charge is 2.31. The van der Waals surface area contributed by atoms with Gasteiger partial charge in [0.2, 0.25) is 11.0 Å². The summed E-state index contributed by atoms with van der Waals surface area (Å²) < 4.78 is 12.1. The molecule has 0 spiro atoms. The summed E-state index contributed by atoms with van der Waals surface area (Å²) in [4.78, 5) is 14.7. The average molecular weight is 393 g/mol. The summed E-state index contributed by atoms with van der Waals surface area (Å²) in [6.07, 6.45) is 1.98. The number of likely N-dealkylation sites (tertiary alicyclic amines) is 1. The maximum atomic E-state index is 12.8. The normalized spacial score (nSPS) is 18.8. The molecule has 1 saturated heterocycles. The van der Waals surface area contributed by atoms with E-state index in [0.29, 0.717) is 19.0 Å². The van der Waals surface area contributed by atoms with E-state index >= 15 is 0 Å². The van der Waals surface area contributed by atoms with Crippen LogP contribution in [0.25, 0.3) is 0 Å². The lowest BCUT2D eigenvalue weighted by Crippen LogP contribution is -2.32. The summed E-state index contributed by atoms with van der Waals surface area (Å²) in [7, 11) is 1.81. The van der Waals surface area contributed by atoms with Crippen molar-refractivity contribution in [2.75, 3.05) is 37.9 Å². The summed E-state index contributed by atoms with van der Waals surface area (Å²) in [5.74, 6) is 2.06. The Labute approximate surface area is 160 Å². The number of carbonyl (C=O) groups is 1. The highest BCUT2D eigenvalue weighted by Crippen LogP contribution is 2.38. The standard InChI is InChI=1S/C17H20N4O3S2/c1-18-16-19-20-17(26-16)25-10-15(22)21-6-2-3-12(21)11-4-5-13-14(9-11)24-8-7-23-13/h4-5,9,12H,2-3,6-8,10H2,1H3,(H,18,19)/t12-/m0/s1. The van der Waals surface area contributed by atoms with Gasteiger partial charge in [-0.3, -0.25) is 4.79 Å². The predicted molar refractivity (Wildman–Crippen MR) is 101 cm³/mol. The molecule has 2 aliphatic rings. The number of fused-ring (bicyclic) bond motifs is 1. The molecule has 4 rings (SSSR count). The Morgan fingerprint density at radius 1 is 1.35 bits per heavy atom. The van der Waals surface area contributed by atoms with Gasteiger partial charge in [-0.25, -0.2) is 0 Å². The number of thioether (sulfide) groups is 1. The minimum atomic E-state index is 0.0983. The lowest BCUT2D eigenvalue weighted by molar-refractivity contribution is -0.129. The lowest BCUT2D eigenvalue weighted by atomic mass is 10.0. The fourth-order valence-corrected chi connectivity index (χ4v) is 4.85. The summed E-state index contributed by atoms with van der Waals surface area (Å²) in [5.41, 5.74) is 1.11. The Morgan fingerprint density at radius 3 is 3.00 bits per heavy atom. The lowest BCUT2D eigenvalue weighted by Gasteiger charge is -2.26. The molecule has 7 nitrogen and oxygen atoms in total. The van der Waals surface area contributed by atoms with Gasteiger partial charge < -0.3 is 19.7 Å². The SMILES string of the molecule is CNc1nnc(SCC(=O)N2CCC[C@H]2c2ccc3c(c2)OCCO3)s1. The second kappa shape index (κ2) is 7.71. The zero-order valence-electron chi connectivity index (χ0n) is 14.4. The average Bonchev–Trinajstić information content (AvgIpc) is 3.35. The maximum absolute atomic E-state index is 12.8. The second-order valence-electron chi connectivity index (χ2n) is 6.06. The van der Waals surface area contributed by atoms with Crippen molar-refractivity contribution in [2.45, 2.75) is 23.2 Å². The van der Waals surface area contributed by atoms with Crippen LogP contribution in [0.4, 0.5) is 5.13 Å². The van der Waals surface area contributed by atoms with Gasteiger partial charge in [-0.15, -0.1) is 10.2 Å². The number of hydrogen-bond donors (Lipinski definition) is 1. The molecular weight excluding hydrogens is 372 g/mol. The molecule has 138 valence electrons. The van der Waals surface area contributed by atoms with Crippen LogP contribution in [0.15, 0.2) is 22.5 Å². The molecule has 1 atom stereocenters. The molecule has 26 heavy (non-hydrogen) atoms. The Balaban J connectivity index is 1.43. The van der Waals surface area contributed by atoms with Gasteiger partial charge in [0, 0.05) is 13.6 Å². The maximum Gasteiger partial charge on any atom is 0.233 e. The van der Waals surface area contributed by atoms with Crippen LogP contribution in [0.5, 0.6) is 11.5 Å². The van der Waals surface area contributed by atoms with Crippen molar-refractivity contribution < 1.29 is 14.3 Å². The van der Waals surface area contributed by atoms with Crippen molar-refractivity contribution in [1.82, 2.24) is 15.1 Å². The quantitative estimate of drug-likeness (QED) is 0.784. The van der Waals surface area contributed by atoms with Crippen LogP contribution in [0.3, 0.4) is 0 Å². The Bertz CT molecular complexity index is 798. The van der Waals surface area contributed by atoms with Crippen molar-refractivity contribution >= 4 is 34.1 Å².